The van der Waals surface area contributed by atoms with Gasteiger partial charge in [0.05, 0.1) is 6.04 Å². The number of phenolic OH excluding ortho intramolecular Hbond substituents is 1. The van der Waals surface area contributed by atoms with Crippen LogP contribution < -0.4 is 4.90 Å². The molecule has 0 saturated carbocycles. The number of rotatable bonds is 3. The summed E-state index contributed by atoms with van der Waals surface area (Å²) in [6.45, 7) is 2.11. The van der Waals surface area contributed by atoms with Crippen LogP contribution in [0.25, 0.3) is 10.8 Å². The van der Waals surface area contributed by atoms with Gasteiger partial charge in [0.25, 0.3) is 0 Å². The van der Waals surface area contributed by atoms with E-state index in [0.717, 1.165) is 22.0 Å². The first-order valence-electron chi connectivity index (χ1n) is 7.17. The normalized spacial score (nSPS) is 12.3. The molecule has 0 amide bonds. The third-order valence-corrected chi connectivity index (χ3v) is 4.13. The van der Waals surface area contributed by atoms with Crippen LogP contribution in [-0.2, 0) is 0 Å². The number of benzene rings is 3. The van der Waals surface area contributed by atoms with E-state index in [0.29, 0.717) is 5.75 Å². The number of anilines is 1. The van der Waals surface area contributed by atoms with Gasteiger partial charge in [0.15, 0.2) is 0 Å². The van der Waals surface area contributed by atoms with E-state index in [4.69, 9.17) is 0 Å². The van der Waals surface area contributed by atoms with Crippen molar-refractivity contribution in [2.75, 3.05) is 11.9 Å². The standard InChI is InChI=1S/C19H19NO/c1-14(20(2)16-9-4-3-5-10-16)17-13-12-15-8-6-7-11-18(15)19(17)21/h3-14,21H,1-2H3. The maximum absolute atomic E-state index is 10.6. The molecule has 0 aromatic heterocycles. The van der Waals surface area contributed by atoms with Gasteiger partial charge in [0.2, 0.25) is 0 Å². The van der Waals surface area contributed by atoms with Crippen LogP contribution in [0.15, 0.2) is 66.7 Å². The summed E-state index contributed by atoms with van der Waals surface area (Å²) in [5, 5.41) is 12.6. The Kier molecular flexibility index (Phi) is 3.53. The summed E-state index contributed by atoms with van der Waals surface area (Å²) in [4.78, 5) is 2.17. The van der Waals surface area contributed by atoms with E-state index < -0.39 is 0 Å². The van der Waals surface area contributed by atoms with E-state index in [2.05, 4.69) is 37.1 Å². The highest BCUT2D eigenvalue weighted by molar-refractivity contribution is 5.89. The molecule has 0 spiro atoms. The van der Waals surface area contributed by atoms with E-state index in [1.165, 1.54) is 0 Å². The Bertz CT molecular complexity index is 752. The van der Waals surface area contributed by atoms with Crippen LogP contribution in [0, 0.1) is 0 Å². The molecule has 2 nitrogen and oxygen atoms in total. The van der Waals surface area contributed by atoms with Gasteiger partial charge in [-0.05, 0) is 24.4 Å². The quantitative estimate of drug-likeness (QED) is 0.747. The van der Waals surface area contributed by atoms with Crippen LogP contribution in [0.1, 0.15) is 18.5 Å². The molecule has 0 aliphatic carbocycles. The van der Waals surface area contributed by atoms with Gasteiger partial charge in [-0.25, -0.2) is 0 Å². The van der Waals surface area contributed by atoms with Gasteiger partial charge < -0.3 is 10.0 Å². The SMILES string of the molecule is CC(c1ccc2ccccc2c1O)N(C)c1ccccc1. The van der Waals surface area contributed by atoms with Crippen molar-refractivity contribution < 1.29 is 5.11 Å². The molecule has 0 heterocycles. The van der Waals surface area contributed by atoms with Crippen molar-refractivity contribution in [3.63, 3.8) is 0 Å². The predicted molar refractivity (Wildman–Crippen MR) is 88.9 cm³/mol. The van der Waals surface area contributed by atoms with Crippen LogP contribution in [0.3, 0.4) is 0 Å². The zero-order valence-electron chi connectivity index (χ0n) is 12.3. The van der Waals surface area contributed by atoms with Crippen LogP contribution >= 0.6 is 0 Å². The number of para-hydroxylation sites is 1. The molecule has 2 heteroatoms. The molecule has 1 unspecified atom stereocenters. The minimum Gasteiger partial charge on any atom is -0.507 e. The Morgan fingerprint density at radius 3 is 2.29 bits per heavy atom. The Morgan fingerprint density at radius 1 is 0.857 bits per heavy atom. The Hall–Kier alpha value is -2.48. The van der Waals surface area contributed by atoms with Crippen LogP contribution in [0.2, 0.25) is 0 Å². The molecule has 3 aromatic carbocycles. The minimum absolute atomic E-state index is 0.0945. The van der Waals surface area contributed by atoms with Crippen LogP contribution in [0.5, 0.6) is 5.75 Å². The van der Waals surface area contributed by atoms with Crippen molar-refractivity contribution >= 4 is 16.5 Å². The lowest BCUT2D eigenvalue weighted by atomic mass is 10.00. The zero-order chi connectivity index (χ0) is 14.8. The highest BCUT2D eigenvalue weighted by Gasteiger charge is 2.17. The fourth-order valence-electron chi connectivity index (χ4n) is 2.70. The molecule has 0 fully saturated rings. The van der Waals surface area contributed by atoms with E-state index >= 15 is 0 Å². The van der Waals surface area contributed by atoms with Crippen molar-refractivity contribution in [2.24, 2.45) is 0 Å². The van der Waals surface area contributed by atoms with Gasteiger partial charge in [0, 0.05) is 23.7 Å². The summed E-state index contributed by atoms with van der Waals surface area (Å²) >= 11 is 0. The fraction of sp³-hybridized carbons (Fsp3) is 0.158. The van der Waals surface area contributed by atoms with Crippen LogP contribution in [-0.4, -0.2) is 12.2 Å². The number of hydrogen-bond donors (Lipinski definition) is 1. The minimum atomic E-state index is 0.0945. The maximum Gasteiger partial charge on any atom is 0.128 e. The van der Waals surface area contributed by atoms with Gasteiger partial charge in [-0.3, -0.25) is 0 Å². The summed E-state index contributed by atoms with van der Waals surface area (Å²) < 4.78 is 0. The summed E-state index contributed by atoms with van der Waals surface area (Å²) in [6, 6.07) is 22.3. The lowest BCUT2D eigenvalue weighted by molar-refractivity contribution is 0.469. The third kappa shape index (κ3) is 2.45. The zero-order valence-corrected chi connectivity index (χ0v) is 12.3. The first-order valence-corrected chi connectivity index (χ1v) is 7.17. The molecule has 0 saturated heterocycles. The lowest BCUT2D eigenvalue weighted by Crippen LogP contribution is -2.21. The smallest absolute Gasteiger partial charge is 0.128 e. The van der Waals surface area contributed by atoms with E-state index in [1.807, 2.05) is 48.5 Å². The topological polar surface area (TPSA) is 23.5 Å². The molecule has 3 aromatic rings. The second-order valence-corrected chi connectivity index (χ2v) is 5.35. The largest absolute Gasteiger partial charge is 0.507 e. The van der Waals surface area contributed by atoms with E-state index in [9.17, 15) is 5.11 Å². The molecule has 3 rings (SSSR count). The molecular formula is C19H19NO. The number of fused-ring (bicyclic) bond motifs is 1. The number of phenols is 1. The van der Waals surface area contributed by atoms with Gasteiger partial charge in [-0.15, -0.1) is 0 Å². The van der Waals surface area contributed by atoms with Gasteiger partial charge >= 0.3 is 0 Å². The summed E-state index contributed by atoms with van der Waals surface area (Å²) in [5.74, 6) is 0.378. The molecule has 0 bridgehead atoms. The number of hydrogen-bond acceptors (Lipinski definition) is 2. The monoisotopic (exact) mass is 277 g/mol. The average molecular weight is 277 g/mol. The summed E-state index contributed by atoms with van der Waals surface area (Å²) in [6.07, 6.45) is 0. The average Bonchev–Trinajstić information content (AvgIpc) is 2.55. The second-order valence-electron chi connectivity index (χ2n) is 5.35. The highest BCUT2D eigenvalue weighted by atomic mass is 16.3. The molecule has 0 aliphatic rings. The summed E-state index contributed by atoms with van der Waals surface area (Å²) in [5.41, 5.74) is 2.08. The highest BCUT2D eigenvalue weighted by Crippen LogP contribution is 2.35. The summed E-state index contributed by atoms with van der Waals surface area (Å²) in [7, 11) is 2.05. The molecule has 106 valence electrons. The van der Waals surface area contributed by atoms with E-state index in [-0.39, 0.29) is 6.04 Å². The molecule has 21 heavy (non-hydrogen) atoms. The number of aromatic hydroxyl groups is 1. The first-order chi connectivity index (χ1) is 10.2. The van der Waals surface area contributed by atoms with Crippen molar-refractivity contribution in [3.8, 4) is 5.75 Å². The van der Waals surface area contributed by atoms with Crippen molar-refractivity contribution in [2.45, 2.75) is 13.0 Å². The van der Waals surface area contributed by atoms with E-state index in [1.54, 1.807) is 0 Å². The second kappa shape index (κ2) is 5.49. The molecule has 0 aliphatic heterocycles. The van der Waals surface area contributed by atoms with Gasteiger partial charge in [0.1, 0.15) is 5.75 Å². The van der Waals surface area contributed by atoms with Gasteiger partial charge in [-0.2, -0.15) is 0 Å². The molecule has 1 N–H and O–H groups in total. The van der Waals surface area contributed by atoms with Crippen molar-refractivity contribution in [1.29, 1.82) is 0 Å². The van der Waals surface area contributed by atoms with Crippen molar-refractivity contribution in [1.82, 2.24) is 0 Å². The Morgan fingerprint density at radius 2 is 1.52 bits per heavy atom. The maximum atomic E-state index is 10.6. The van der Waals surface area contributed by atoms with Gasteiger partial charge in [-0.1, -0.05) is 54.6 Å². The van der Waals surface area contributed by atoms with Crippen LogP contribution in [0.4, 0.5) is 5.69 Å². The molecule has 0 radical (unpaired) electrons. The van der Waals surface area contributed by atoms with Crippen molar-refractivity contribution in [3.05, 3.63) is 72.3 Å². The fourth-order valence-corrected chi connectivity index (χ4v) is 2.70. The number of nitrogens with zero attached hydrogens (tertiary/aromatic N) is 1. The first kappa shape index (κ1) is 13.5. The Balaban J connectivity index is 2.02. The molecule has 1 atom stereocenters. The lowest BCUT2D eigenvalue weighted by Gasteiger charge is -2.28. The predicted octanol–water partition coefficient (Wildman–Crippen LogP) is 4.74. The molecular weight excluding hydrogens is 258 g/mol. The Labute approximate surface area is 125 Å². The third-order valence-electron chi connectivity index (χ3n) is 4.13.